The van der Waals surface area contributed by atoms with Gasteiger partial charge in [-0.2, -0.15) is 4.31 Å². The fourth-order valence-corrected chi connectivity index (χ4v) is 5.43. The van der Waals surface area contributed by atoms with Crippen LogP contribution in [0.25, 0.3) is 0 Å². The largest absolute Gasteiger partial charge is 0.495 e. The molecule has 0 spiro atoms. The van der Waals surface area contributed by atoms with Gasteiger partial charge < -0.3 is 4.74 Å². The second kappa shape index (κ2) is 6.55. The third-order valence-electron chi connectivity index (χ3n) is 4.04. The summed E-state index contributed by atoms with van der Waals surface area (Å²) in [7, 11) is -2.30. The summed E-state index contributed by atoms with van der Waals surface area (Å²) in [5.74, 6) is 0.248. The van der Waals surface area contributed by atoms with Crippen LogP contribution in [0.5, 0.6) is 5.75 Å². The Balaban J connectivity index is 1.80. The molecule has 0 radical (unpaired) electrons. The number of nitrogens with zero attached hydrogens (tertiary/aromatic N) is 2. The number of methoxy groups -OCH3 is 1. The van der Waals surface area contributed by atoms with Crippen molar-refractivity contribution in [3.63, 3.8) is 0 Å². The van der Waals surface area contributed by atoms with Gasteiger partial charge in [-0.25, -0.2) is 8.42 Å². The second-order valence-electron chi connectivity index (χ2n) is 5.42. The summed E-state index contributed by atoms with van der Waals surface area (Å²) in [4.78, 5) is 24.8. The molecule has 10 heteroatoms. The van der Waals surface area contributed by atoms with Gasteiger partial charge in [0, 0.05) is 13.1 Å². The minimum absolute atomic E-state index is 0.0578. The minimum Gasteiger partial charge on any atom is -0.495 e. The summed E-state index contributed by atoms with van der Waals surface area (Å²) in [6, 6.07) is 3.84. The molecule has 2 amide bonds. The van der Waals surface area contributed by atoms with E-state index in [0.717, 1.165) is 11.8 Å². The van der Waals surface area contributed by atoms with Crippen LogP contribution in [0.15, 0.2) is 23.1 Å². The molecule has 0 aromatic heterocycles. The zero-order chi connectivity index (χ0) is 17.5. The van der Waals surface area contributed by atoms with Gasteiger partial charge in [-0.3, -0.25) is 14.5 Å². The van der Waals surface area contributed by atoms with Gasteiger partial charge in [-0.05, 0) is 24.6 Å². The smallest absolute Gasteiger partial charge is 0.289 e. The quantitative estimate of drug-likeness (QED) is 0.779. The van der Waals surface area contributed by atoms with E-state index in [9.17, 15) is 18.0 Å². The normalized spacial score (nSPS) is 22.4. The molecule has 0 saturated carbocycles. The lowest BCUT2D eigenvalue weighted by Crippen LogP contribution is -2.41. The molecule has 0 N–H and O–H groups in total. The zero-order valence-corrected chi connectivity index (χ0v) is 15.2. The first-order valence-electron chi connectivity index (χ1n) is 7.17. The van der Waals surface area contributed by atoms with Gasteiger partial charge >= 0.3 is 0 Å². The highest BCUT2D eigenvalue weighted by atomic mass is 35.5. The van der Waals surface area contributed by atoms with Crippen LogP contribution in [0.1, 0.15) is 6.42 Å². The molecule has 7 nitrogen and oxygen atoms in total. The standard InChI is InChI=1S/C14H15ClN2O5S2/c1-22-12-3-2-10(6-11(12)15)24(20,21)16-5-4-9(7-16)17-13(18)8-23-14(17)19/h2-3,6,9H,4-5,7-8H2,1H3/t9-/m1/s1. The van der Waals surface area contributed by atoms with Gasteiger partial charge in [-0.15, -0.1) is 0 Å². The Morgan fingerprint density at radius 1 is 1.33 bits per heavy atom. The predicted molar refractivity (Wildman–Crippen MR) is 89.9 cm³/mol. The number of hydrogen-bond acceptors (Lipinski definition) is 6. The summed E-state index contributed by atoms with van der Waals surface area (Å²) >= 11 is 6.95. The van der Waals surface area contributed by atoms with E-state index < -0.39 is 16.1 Å². The number of halogens is 1. The first-order chi connectivity index (χ1) is 11.3. The molecule has 2 saturated heterocycles. The summed E-state index contributed by atoms with van der Waals surface area (Å²) in [5, 5.41) is -0.104. The topological polar surface area (TPSA) is 84.0 Å². The molecule has 0 bridgehead atoms. The van der Waals surface area contributed by atoms with E-state index in [-0.39, 0.29) is 39.9 Å². The molecule has 0 unspecified atom stereocenters. The third kappa shape index (κ3) is 3.01. The Morgan fingerprint density at radius 3 is 2.67 bits per heavy atom. The summed E-state index contributed by atoms with van der Waals surface area (Å²) in [5.41, 5.74) is 0. The number of rotatable bonds is 4. The summed E-state index contributed by atoms with van der Waals surface area (Å²) in [6.45, 7) is 0.350. The van der Waals surface area contributed by atoms with Crippen LogP contribution >= 0.6 is 23.4 Å². The van der Waals surface area contributed by atoms with Crippen molar-refractivity contribution in [1.82, 2.24) is 9.21 Å². The van der Waals surface area contributed by atoms with Crippen molar-refractivity contribution >= 4 is 44.5 Å². The number of sulfonamides is 1. The lowest BCUT2D eigenvalue weighted by Gasteiger charge is -2.22. The third-order valence-corrected chi connectivity index (χ3v) is 7.03. The van der Waals surface area contributed by atoms with E-state index in [0.29, 0.717) is 12.2 Å². The SMILES string of the molecule is COc1ccc(S(=O)(=O)N2CC[C@@H](N3C(=O)CSC3=O)C2)cc1Cl. The first-order valence-corrected chi connectivity index (χ1v) is 9.97. The van der Waals surface area contributed by atoms with Crippen molar-refractivity contribution in [2.75, 3.05) is 26.0 Å². The number of carbonyl (C=O) groups is 2. The number of imide groups is 1. The fourth-order valence-electron chi connectivity index (χ4n) is 2.81. The zero-order valence-electron chi connectivity index (χ0n) is 12.8. The molecule has 1 aromatic rings. The van der Waals surface area contributed by atoms with Crippen LogP contribution in [0, 0.1) is 0 Å². The molecule has 2 aliphatic heterocycles. The van der Waals surface area contributed by atoms with Crippen molar-refractivity contribution in [3.8, 4) is 5.75 Å². The van der Waals surface area contributed by atoms with Gasteiger partial charge in [0.05, 0.1) is 28.8 Å². The highest BCUT2D eigenvalue weighted by Crippen LogP contribution is 2.32. The van der Waals surface area contributed by atoms with Crippen LogP contribution in [-0.4, -0.2) is 60.8 Å². The molecule has 2 heterocycles. The molecule has 1 aromatic carbocycles. The Kier molecular flexibility index (Phi) is 4.78. The van der Waals surface area contributed by atoms with Crippen molar-refractivity contribution in [3.05, 3.63) is 23.2 Å². The van der Waals surface area contributed by atoms with Gasteiger partial charge in [0.2, 0.25) is 15.9 Å². The molecule has 2 aliphatic rings. The average Bonchev–Trinajstić information content (AvgIpc) is 3.14. The van der Waals surface area contributed by atoms with Gasteiger partial charge in [-0.1, -0.05) is 23.4 Å². The molecule has 1 atom stereocenters. The Hall–Kier alpha value is -1.29. The maximum absolute atomic E-state index is 12.7. The molecule has 3 rings (SSSR count). The molecule has 2 fully saturated rings. The lowest BCUT2D eigenvalue weighted by atomic mass is 10.2. The maximum Gasteiger partial charge on any atom is 0.289 e. The van der Waals surface area contributed by atoms with E-state index in [1.807, 2.05) is 0 Å². The lowest BCUT2D eigenvalue weighted by molar-refractivity contribution is -0.126. The van der Waals surface area contributed by atoms with E-state index in [1.165, 1.54) is 34.5 Å². The van der Waals surface area contributed by atoms with Crippen molar-refractivity contribution in [1.29, 1.82) is 0 Å². The molecule has 130 valence electrons. The number of amides is 2. The highest BCUT2D eigenvalue weighted by Gasteiger charge is 2.42. The van der Waals surface area contributed by atoms with Crippen LogP contribution < -0.4 is 4.74 Å². The van der Waals surface area contributed by atoms with Crippen molar-refractivity contribution in [2.45, 2.75) is 17.4 Å². The van der Waals surface area contributed by atoms with E-state index in [4.69, 9.17) is 16.3 Å². The van der Waals surface area contributed by atoms with E-state index in [2.05, 4.69) is 0 Å². The van der Waals surface area contributed by atoms with E-state index in [1.54, 1.807) is 0 Å². The first kappa shape index (κ1) is 17.5. The Morgan fingerprint density at radius 2 is 2.08 bits per heavy atom. The highest BCUT2D eigenvalue weighted by molar-refractivity contribution is 8.14. The molecule has 0 aliphatic carbocycles. The molecular weight excluding hydrogens is 376 g/mol. The van der Waals surface area contributed by atoms with Crippen LogP contribution in [0.4, 0.5) is 4.79 Å². The Labute approximate surface area is 148 Å². The number of ether oxygens (including phenoxy) is 1. The number of benzene rings is 1. The van der Waals surface area contributed by atoms with E-state index >= 15 is 0 Å². The number of thioether (sulfide) groups is 1. The molecule has 24 heavy (non-hydrogen) atoms. The molecular formula is C14H15ClN2O5S2. The summed E-state index contributed by atoms with van der Waals surface area (Å²) in [6.07, 6.45) is 0.432. The monoisotopic (exact) mass is 390 g/mol. The predicted octanol–water partition coefficient (Wildman–Crippen LogP) is 1.81. The van der Waals surface area contributed by atoms with Gasteiger partial charge in [0.25, 0.3) is 5.24 Å². The summed E-state index contributed by atoms with van der Waals surface area (Å²) < 4.78 is 31.8. The number of carbonyl (C=O) groups excluding carboxylic acids is 2. The van der Waals surface area contributed by atoms with Crippen molar-refractivity contribution < 1.29 is 22.7 Å². The van der Waals surface area contributed by atoms with Crippen LogP contribution in [0.3, 0.4) is 0 Å². The van der Waals surface area contributed by atoms with Crippen LogP contribution in [-0.2, 0) is 14.8 Å². The number of hydrogen-bond donors (Lipinski definition) is 0. The van der Waals surface area contributed by atoms with Crippen LogP contribution in [0.2, 0.25) is 5.02 Å². The van der Waals surface area contributed by atoms with Gasteiger partial charge in [0.15, 0.2) is 0 Å². The second-order valence-corrected chi connectivity index (χ2v) is 8.69. The van der Waals surface area contributed by atoms with Gasteiger partial charge in [0.1, 0.15) is 5.75 Å². The van der Waals surface area contributed by atoms with Crippen molar-refractivity contribution in [2.24, 2.45) is 0 Å². The Bertz CT molecular complexity index is 782. The maximum atomic E-state index is 12.7. The average molecular weight is 391 g/mol. The minimum atomic E-state index is -3.75. The fraction of sp³-hybridized carbons (Fsp3) is 0.429.